The van der Waals surface area contributed by atoms with Crippen molar-refractivity contribution < 1.29 is 22.0 Å². The Bertz CT molecular complexity index is 990. The molecule has 13 heteroatoms. The predicted molar refractivity (Wildman–Crippen MR) is 94.7 cm³/mol. The van der Waals surface area contributed by atoms with Crippen molar-refractivity contribution in [2.24, 2.45) is 16.8 Å². The molecule has 3 rings (SSSR count). The summed E-state index contributed by atoms with van der Waals surface area (Å²) in [4.78, 5) is 12.5. The molecule has 0 radical (unpaired) electrons. The number of piperidine rings is 1. The Morgan fingerprint density at radius 2 is 2.11 bits per heavy atom. The van der Waals surface area contributed by atoms with Crippen LogP contribution in [-0.4, -0.2) is 48.0 Å². The quantitative estimate of drug-likeness (QED) is 0.634. The first-order chi connectivity index (χ1) is 13.0. The Kier molecular flexibility index (Phi) is 5.06. The van der Waals surface area contributed by atoms with E-state index in [1.165, 1.54) is 6.07 Å². The summed E-state index contributed by atoms with van der Waals surface area (Å²) in [6.45, 7) is 1.24. The van der Waals surface area contributed by atoms with E-state index in [1.807, 2.05) is 0 Å². The van der Waals surface area contributed by atoms with E-state index >= 15 is 0 Å². The van der Waals surface area contributed by atoms with E-state index in [9.17, 15) is 22.0 Å². The third kappa shape index (κ3) is 3.80. The van der Waals surface area contributed by atoms with Gasteiger partial charge in [-0.2, -0.15) is 0 Å². The lowest BCUT2D eigenvalue weighted by Gasteiger charge is -2.35. The molecule has 0 saturated carbocycles. The van der Waals surface area contributed by atoms with Crippen LogP contribution in [0.1, 0.15) is 25.3 Å². The number of primary sulfonamides is 1. The highest BCUT2D eigenvalue weighted by atomic mass is 32.2. The van der Waals surface area contributed by atoms with Crippen LogP contribution < -0.4 is 15.8 Å². The number of carbonyl (C=O) groups is 1. The van der Waals surface area contributed by atoms with E-state index in [4.69, 9.17) is 10.9 Å². The fraction of sp³-hybridized carbons (Fsp3) is 0.467. The molecule has 1 aliphatic rings. The van der Waals surface area contributed by atoms with Gasteiger partial charge in [0.05, 0.1) is 11.5 Å². The van der Waals surface area contributed by atoms with Crippen molar-refractivity contribution >= 4 is 21.6 Å². The number of sulfonamides is 1. The van der Waals surface area contributed by atoms with Crippen molar-refractivity contribution in [1.82, 2.24) is 20.6 Å². The minimum atomic E-state index is -4.58. The molecule has 152 valence electrons. The number of rotatable bonds is 5. The summed E-state index contributed by atoms with van der Waals surface area (Å²) in [6, 6.07) is 2.36. The number of anilines is 1. The fourth-order valence-corrected chi connectivity index (χ4v) is 4.44. The molecular formula is C15H19F2N7O3S. The number of aromatic amines is 1. The summed E-state index contributed by atoms with van der Waals surface area (Å²) in [7, 11) is -4.58. The second-order valence-electron chi connectivity index (χ2n) is 6.71. The van der Waals surface area contributed by atoms with E-state index in [0.29, 0.717) is 26.3 Å². The first-order valence-electron chi connectivity index (χ1n) is 8.36. The van der Waals surface area contributed by atoms with E-state index in [2.05, 4.69) is 20.6 Å². The number of alkyl halides is 2. The highest BCUT2D eigenvalue weighted by Crippen LogP contribution is 2.42. The number of halogens is 2. The Hall–Kier alpha value is -2.67. The molecule has 2 aromatic rings. The zero-order valence-electron chi connectivity index (χ0n) is 14.9. The first-order valence-corrected chi connectivity index (χ1v) is 9.91. The molecule has 1 atom stereocenters. The summed E-state index contributed by atoms with van der Waals surface area (Å²) in [5.41, 5.74) is 4.73. The van der Waals surface area contributed by atoms with Crippen molar-refractivity contribution in [1.29, 1.82) is 0 Å². The van der Waals surface area contributed by atoms with E-state index in [-0.39, 0.29) is 23.6 Å². The number of nitrogens with two attached hydrogens (primary N) is 2. The number of hydrogen-bond acceptors (Lipinski definition) is 7. The van der Waals surface area contributed by atoms with Gasteiger partial charge in [-0.1, -0.05) is 0 Å². The summed E-state index contributed by atoms with van der Waals surface area (Å²) in [5.74, 6) is -4.57. The standard InChI is InChI=1S/C15H19F2N7O3S/c1-15(16,17)9-4-5-10(24-6-2-3-8(7-24)13(18)25)11(12(9)28(19,26)27)14-20-22-23-21-14/h4-5,8H,2-3,6-7H2,1H3,(H2,18,25)(H2,19,26,27)(H,20,21,22,23). The lowest BCUT2D eigenvalue weighted by atomic mass is 9.95. The molecule has 1 aliphatic heterocycles. The molecule has 28 heavy (non-hydrogen) atoms. The van der Waals surface area contributed by atoms with Gasteiger partial charge in [0.15, 0.2) is 5.82 Å². The predicted octanol–water partition coefficient (Wildman–Crippen LogP) is 0.328. The molecule has 5 N–H and O–H groups in total. The average molecular weight is 415 g/mol. The number of hydrogen-bond donors (Lipinski definition) is 3. The van der Waals surface area contributed by atoms with Gasteiger partial charge in [-0.05, 0) is 35.4 Å². The topological polar surface area (TPSA) is 161 Å². The third-order valence-corrected chi connectivity index (χ3v) is 5.63. The molecule has 0 spiro atoms. The van der Waals surface area contributed by atoms with Gasteiger partial charge in [-0.25, -0.2) is 27.4 Å². The normalized spacial score (nSPS) is 18.3. The molecule has 1 aromatic carbocycles. The van der Waals surface area contributed by atoms with Gasteiger partial charge in [-0.15, -0.1) is 5.10 Å². The zero-order valence-corrected chi connectivity index (χ0v) is 15.7. The number of nitrogens with zero attached hydrogens (tertiary/aromatic N) is 4. The summed E-state index contributed by atoms with van der Waals surface area (Å²) in [6.07, 6.45) is 1.19. The van der Waals surface area contributed by atoms with Crippen LogP contribution in [0, 0.1) is 5.92 Å². The van der Waals surface area contributed by atoms with Crippen molar-refractivity contribution in [2.45, 2.75) is 30.6 Å². The van der Waals surface area contributed by atoms with Crippen molar-refractivity contribution in [3.63, 3.8) is 0 Å². The molecule has 1 saturated heterocycles. The molecule has 1 amide bonds. The van der Waals surface area contributed by atoms with E-state index in [1.54, 1.807) is 4.90 Å². The molecule has 0 bridgehead atoms. The second kappa shape index (κ2) is 7.05. The van der Waals surface area contributed by atoms with Crippen LogP contribution >= 0.6 is 0 Å². The number of aromatic nitrogens is 4. The summed E-state index contributed by atoms with van der Waals surface area (Å²) in [5, 5.41) is 18.2. The van der Waals surface area contributed by atoms with Gasteiger partial charge in [0.2, 0.25) is 15.9 Å². The Morgan fingerprint density at radius 3 is 2.64 bits per heavy atom. The largest absolute Gasteiger partial charge is 0.370 e. The smallest absolute Gasteiger partial charge is 0.271 e. The van der Waals surface area contributed by atoms with Crippen LogP contribution in [-0.2, 0) is 20.7 Å². The maximum Gasteiger partial charge on any atom is 0.271 e. The molecular weight excluding hydrogens is 396 g/mol. The van der Waals surface area contributed by atoms with Crippen molar-refractivity contribution in [2.75, 3.05) is 18.0 Å². The second-order valence-corrected chi connectivity index (χ2v) is 8.21. The van der Waals surface area contributed by atoms with Crippen LogP contribution in [0.4, 0.5) is 14.5 Å². The molecule has 0 aliphatic carbocycles. The third-order valence-electron chi connectivity index (χ3n) is 4.64. The molecule has 1 fully saturated rings. The Labute approximate surface area is 159 Å². The maximum atomic E-state index is 14.2. The van der Waals surface area contributed by atoms with Crippen LogP contribution in [0.5, 0.6) is 0 Å². The minimum Gasteiger partial charge on any atom is -0.370 e. The number of carbonyl (C=O) groups excluding carboxylic acids is 1. The van der Waals surface area contributed by atoms with Gasteiger partial charge < -0.3 is 10.6 Å². The van der Waals surface area contributed by atoms with Gasteiger partial charge in [0.1, 0.15) is 4.90 Å². The fourth-order valence-electron chi connectivity index (χ4n) is 3.40. The number of H-pyrrole nitrogens is 1. The lowest BCUT2D eigenvalue weighted by molar-refractivity contribution is -0.122. The van der Waals surface area contributed by atoms with Crippen molar-refractivity contribution in [3.8, 4) is 11.4 Å². The molecule has 1 aromatic heterocycles. The first kappa shape index (κ1) is 20.1. The van der Waals surface area contributed by atoms with E-state index < -0.39 is 38.2 Å². The molecule has 10 nitrogen and oxygen atoms in total. The number of benzene rings is 1. The molecule has 2 heterocycles. The SMILES string of the molecule is CC(F)(F)c1ccc(N2CCCC(C(N)=O)C2)c(-c2nnn[nH]2)c1S(N)(=O)=O. The lowest BCUT2D eigenvalue weighted by Crippen LogP contribution is -2.41. The van der Waals surface area contributed by atoms with Gasteiger partial charge in [-0.3, -0.25) is 4.79 Å². The monoisotopic (exact) mass is 415 g/mol. The number of nitrogens with one attached hydrogen (secondary N) is 1. The van der Waals surface area contributed by atoms with E-state index in [0.717, 1.165) is 6.07 Å². The summed E-state index contributed by atoms with van der Waals surface area (Å²) >= 11 is 0. The highest BCUT2D eigenvalue weighted by molar-refractivity contribution is 7.89. The number of tetrazole rings is 1. The number of amides is 1. The zero-order chi connectivity index (χ0) is 20.7. The summed E-state index contributed by atoms with van der Waals surface area (Å²) < 4.78 is 52.9. The minimum absolute atomic E-state index is 0.133. The Balaban J connectivity index is 2.28. The van der Waals surface area contributed by atoms with Crippen molar-refractivity contribution in [3.05, 3.63) is 17.7 Å². The van der Waals surface area contributed by atoms with Gasteiger partial charge >= 0.3 is 0 Å². The van der Waals surface area contributed by atoms with Crippen LogP contribution in [0.3, 0.4) is 0 Å². The molecule has 1 unspecified atom stereocenters. The Morgan fingerprint density at radius 1 is 1.39 bits per heavy atom. The van der Waals surface area contributed by atoms with Gasteiger partial charge in [0.25, 0.3) is 5.92 Å². The highest BCUT2D eigenvalue weighted by Gasteiger charge is 2.37. The number of primary amides is 1. The van der Waals surface area contributed by atoms with Crippen LogP contribution in [0.2, 0.25) is 0 Å². The average Bonchev–Trinajstić information content (AvgIpc) is 3.13. The van der Waals surface area contributed by atoms with Gasteiger partial charge in [0, 0.05) is 31.3 Å². The maximum absolute atomic E-state index is 14.2. The van der Waals surface area contributed by atoms with Crippen LogP contribution in [0.15, 0.2) is 17.0 Å². The van der Waals surface area contributed by atoms with Crippen LogP contribution in [0.25, 0.3) is 11.4 Å².